The van der Waals surface area contributed by atoms with Gasteiger partial charge in [-0.05, 0) is 42.7 Å². The fourth-order valence-electron chi connectivity index (χ4n) is 2.93. The van der Waals surface area contributed by atoms with Crippen molar-refractivity contribution in [3.05, 3.63) is 58.3 Å². The van der Waals surface area contributed by atoms with Crippen LogP contribution in [0.4, 0.5) is 5.69 Å². The number of anilines is 1. The van der Waals surface area contributed by atoms with Gasteiger partial charge in [-0.1, -0.05) is 35.3 Å². The number of halogens is 2. The third kappa shape index (κ3) is 3.54. The topological polar surface area (TPSA) is 34.2 Å². The molecule has 22 heavy (non-hydrogen) atoms. The third-order valence-corrected chi connectivity index (χ3v) is 4.69. The Balaban J connectivity index is 1.83. The number of nitrogens with zero attached hydrogens (tertiary/aromatic N) is 1. The van der Waals surface area contributed by atoms with Gasteiger partial charge in [-0.25, -0.2) is 4.98 Å². The molecule has 1 aromatic carbocycles. The van der Waals surface area contributed by atoms with E-state index in [1.54, 1.807) is 6.20 Å². The van der Waals surface area contributed by atoms with Crippen molar-refractivity contribution in [1.82, 2.24) is 4.98 Å². The molecule has 0 aliphatic carbocycles. The molecular weight excluding hydrogens is 319 g/mol. The van der Waals surface area contributed by atoms with Gasteiger partial charge >= 0.3 is 0 Å². The predicted molar refractivity (Wildman–Crippen MR) is 90.9 cm³/mol. The largest absolute Gasteiger partial charge is 0.384 e. The molecule has 0 radical (unpaired) electrons. The van der Waals surface area contributed by atoms with Crippen molar-refractivity contribution >= 4 is 28.9 Å². The summed E-state index contributed by atoms with van der Waals surface area (Å²) in [6.07, 6.45) is 3.65. The van der Waals surface area contributed by atoms with Crippen molar-refractivity contribution in [2.24, 2.45) is 0 Å². The molecule has 0 spiro atoms. The maximum Gasteiger partial charge on any atom is 0.131 e. The summed E-state index contributed by atoms with van der Waals surface area (Å²) in [5.74, 6) is 0. The van der Waals surface area contributed by atoms with E-state index in [4.69, 9.17) is 27.9 Å². The van der Waals surface area contributed by atoms with Gasteiger partial charge in [0.2, 0.25) is 0 Å². The van der Waals surface area contributed by atoms with Gasteiger partial charge < -0.3 is 10.1 Å². The van der Waals surface area contributed by atoms with Crippen LogP contribution < -0.4 is 5.32 Å². The number of aromatic nitrogens is 1. The van der Waals surface area contributed by atoms with Gasteiger partial charge in [-0.15, -0.1) is 0 Å². The minimum Gasteiger partial charge on any atom is -0.384 e. The van der Waals surface area contributed by atoms with Crippen molar-refractivity contribution in [1.29, 1.82) is 0 Å². The second-order valence-electron chi connectivity index (χ2n) is 5.62. The molecule has 0 saturated carbocycles. The van der Waals surface area contributed by atoms with Crippen LogP contribution in [-0.2, 0) is 10.2 Å². The first-order valence-corrected chi connectivity index (χ1v) is 8.13. The van der Waals surface area contributed by atoms with Crippen LogP contribution in [0.5, 0.6) is 0 Å². The predicted octanol–water partition coefficient (Wildman–Crippen LogP) is 4.55. The normalized spacial score (nSPS) is 17.2. The fourth-order valence-corrected chi connectivity index (χ4v) is 3.30. The second-order valence-corrected chi connectivity index (χ2v) is 6.45. The summed E-state index contributed by atoms with van der Waals surface area (Å²) in [6.45, 7) is 2.35. The van der Waals surface area contributed by atoms with Crippen LogP contribution in [-0.4, -0.2) is 24.7 Å². The Morgan fingerprint density at radius 1 is 1.14 bits per heavy atom. The smallest absolute Gasteiger partial charge is 0.131 e. The molecule has 0 unspecified atom stereocenters. The summed E-state index contributed by atoms with van der Waals surface area (Å²) in [5, 5.41) is 4.76. The van der Waals surface area contributed by atoms with Crippen LogP contribution in [0.1, 0.15) is 18.4 Å². The highest BCUT2D eigenvalue weighted by Crippen LogP contribution is 2.36. The molecule has 3 nitrogen and oxygen atoms in total. The molecule has 1 N–H and O–H groups in total. The summed E-state index contributed by atoms with van der Waals surface area (Å²) in [4.78, 5) is 4.01. The van der Waals surface area contributed by atoms with Crippen LogP contribution in [0.15, 0.2) is 42.6 Å². The minimum absolute atomic E-state index is 0.0267. The molecule has 2 aromatic rings. The Labute approximate surface area is 140 Å². The highest BCUT2D eigenvalue weighted by atomic mass is 35.5. The Morgan fingerprint density at radius 2 is 1.95 bits per heavy atom. The minimum atomic E-state index is 0.0267. The van der Waals surface area contributed by atoms with Crippen LogP contribution >= 0.6 is 23.2 Å². The average Bonchev–Trinajstić information content (AvgIpc) is 2.54. The zero-order valence-electron chi connectivity index (χ0n) is 12.2. The van der Waals surface area contributed by atoms with E-state index in [0.717, 1.165) is 43.3 Å². The number of benzene rings is 1. The van der Waals surface area contributed by atoms with E-state index in [1.165, 1.54) is 5.56 Å². The number of hydrogen-bond donors (Lipinski definition) is 1. The van der Waals surface area contributed by atoms with Crippen LogP contribution in [0, 0.1) is 0 Å². The van der Waals surface area contributed by atoms with E-state index in [1.807, 2.05) is 24.3 Å². The standard InChI is InChI=1S/C17H18Cl2N2O/c18-14-3-1-2-13(10-14)17(5-8-22-9-6-17)12-21-15-4-7-20-16(19)11-15/h1-4,7,10-11H,5-6,8-9,12H2,(H,20,21). The van der Waals surface area contributed by atoms with Gasteiger partial charge in [0, 0.05) is 42.1 Å². The van der Waals surface area contributed by atoms with E-state index in [9.17, 15) is 0 Å². The molecule has 1 saturated heterocycles. The molecule has 0 amide bonds. The van der Waals surface area contributed by atoms with Gasteiger partial charge in [0.15, 0.2) is 0 Å². The lowest BCUT2D eigenvalue weighted by atomic mass is 9.74. The zero-order chi connectivity index (χ0) is 15.4. The summed E-state index contributed by atoms with van der Waals surface area (Å²) >= 11 is 12.1. The van der Waals surface area contributed by atoms with Gasteiger partial charge in [0.25, 0.3) is 0 Å². The summed E-state index contributed by atoms with van der Waals surface area (Å²) < 4.78 is 5.56. The quantitative estimate of drug-likeness (QED) is 0.831. The molecule has 1 fully saturated rings. The Hall–Kier alpha value is -1.29. The van der Waals surface area contributed by atoms with Gasteiger partial charge in [0.1, 0.15) is 5.15 Å². The van der Waals surface area contributed by atoms with Gasteiger partial charge in [-0.2, -0.15) is 0 Å². The van der Waals surface area contributed by atoms with E-state index >= 15 is 0 Å². The number of pyridine rings is 1. The van der Waals surface area contributed by atoms with Crippen molar-refractivity contribution in [2.45, 2.75) is 18.3 Å². The van der Waals surface area contributed by atoms with Crippen molar-refractivity contribution in [3.63, 3.8) is 0 Å². The van der Waals surface area contributed by atoms with Crippen LogP contribution in [0.2, 0.25) is 10.2 Å². The Morgan fingerprint density at radius 3 is 2.68 bits per heavy atom. The lowest BCUT2D eigenvalue weighted by molar-refractivity contribution is 0.0544. The summed E-state index contributed by atoms with van der Waals surface area (Å²) in [6, 6.07) is 11.9. The van der Waals surface area contributed by atoms with E-state index < -0.39 is 0 Å². The highest BCUT2D eigenvalue weighted by molar-refractivity contribution is 6.30. The van der Waals surface area contributed by atoms with E-state index in [0.29, 0.717) is 5.15 Å². The monoisotopic (exact) mass is 336 g/mol. The molecule has 1 aliphatic heterocycles. The molecule has 2 heterocycles. The molecule has 3 rings (SSSR count). The van der Waals surface area contributed by atoms with Gasteiger partial charge in [-0.3, -0.25) is 0 Å². The van der Waals surface area contributed by atoms with Crippen LogP contribution in [0.3, 0.4) is 0 Å². The van der Waals surface area contributed by atoms with E-state index in [-0.39, 0.29) is 5.41 Å². The molecule has 5 heteroatoms. The molecule has 0 atom stereocenters. The fraction of sp³-hybridized carbons (Fsp3) is 0.353. The first-order chi connectivity index (χ1) is 10.7. The summed E-state index contributed by atoms with van der Waals surface area (Å²) in [5.41, 5.74) is 2.27. The zero-order valence-corrected chi connectivity index (χ0v) is 13.7. The van der Waals surface area contributed by atoms with E-state index in [2.05, 4.69) is 22.4 Å². The van der Waals surface area contributed by atoms with Gasteiger partial charge in [0.05, 0.1) is 0 Å². The molecule has 1 aromatic heterocycles. The van der Waals surface area contributed by atoms with Crippen LogP contribution in [0.25, 0.3) is 0 Å². The maximum absolute atomic E-state index is 6.19. The second kappa shape index (κ2) is 6.86. The number of nitrogens with one attached hydrogen (secondary N) is 1. The third-order valence-electron chi connectivity index (χ3n) is 4.24. The van der Waals surface area contributed by atoms with Crippen molar-refractivity contribution in [2.75, 3.05) is 25.1 Å². The lowest BCUT2D eigenvalue weighted by Crippen LogP contribution is -2.40. The highest BCUT2D eigenvalue weighted by Gasteiger charge is 2.34. The first-order valence-electron chi connectivity index (χ1n) is 7.37. The maximum atomic E-state index is 6.19. The average molecular weight is 337 g/mol. The number of ether oxygens (including phenoxy) is 1. The van der Waals surface area contributed by atoms with Crippen molar-refractivity contribution < 1.29 is 4.74 Å². The SMILES string of the molecule is Clc1cccc(C2(CNc3ccnc(Cl)c3)CCOCC2)c1. The number of hydrogen-bond acceptors (Lipinski definition) is 3. The molecular formula is C17H18Cl2N2O. The molecule has 1 aliphatic rings. The lowest BCUT2D eigenvalue weighted by Gasteiger charge is -2.38. The Bertz CT molecular complexity index is 642. The Kier molecular flexibility index (Phi) is 4.87. The summed E-state index contributed by atoms with van der Waals surface area (Å²) in [7, 11) is 0. The molecule has 0 bridgehead atoms. The van der Waals surface area contributed by atoms with Crippen molar-refractivity contribution in [3.8, 4) is 0 Å². The molecule has 116 valence electrons. The number of rotatable bonds is 4. The first kappa shape index (κ1) is 15.6.